The zero-order valence-corrected chi connectivity index (χ0v) is 15.5. The molecule has 26 heavy (non-hydrogen) atoms. The van der Waals surface area contributed by atoms with Crippen molar-refractivity contribution in [2.45, 2.75) is 19.4 Å². The van der Waals surface area contributed by atoms with Gasteiger partial charge in [0.05, 0.1) is 17.5 Å². The lowest BCUT2D eigenvalue weighted by Gasteiger charge is -2.26. The van der Waals surface area contributed by atoms with Gasteiger partial charge in [0, 0.05) is 19.2 Å². The minimum Gasteiger partial charge on any atom is -0.335 e. The number of carbonyl (C=O) groups excluding carboxylic acids is 1. The second kappa shape index (κ2) is 7.07. The highest BCUT2D eigenvalue weighted by Crippen LogP contribution is 2.26. The van der Waals surface area contributed by atoms with Gasteiger partial charge in [0.25, 0.3) is 5.91 Å². The first-order valence-corrected chi connectivity index (χ1v) is 10.0. The third-order valence-electron chi connectivity index (χ3n) is 4.76. The van der Waals surface area contributed by atoms with Crippen LogP contribution >= 0.6 is 0 Å². The van der Waals surface area contributed by atoms with Crippen LogP contribution in [-0.2, 0) is 10.0 Å². The van der Waals surface area contributed by atoms with E-state index in [1.54, 1.807) is 48.3 Å². The number of amides is 1. The summed E-state index contributed by atoms with van der Waals surface area (Å²) in [5, 5.41) is 0. The Morgan fingerprint density at radius 1 is 1.12 bits per heavy atom. The number of anilines is 1. The molecule has 0 unspecified atom stereocenters. The van der Waals surface area contributed by atoms with Crippen LogP contribution in [0.15, 0.2) is 48.5 Å². The Balaban J connectivity index is 1.76. The van der Waals surface area contributed by atoms with E-state index in [2.05, 4.69) is 0 Å². The Bertz CT molecular complexity index is 895. The smallest absolute Gasteiger partial charge is 0.254 e. The Labute approximate surface area is 153 Å². The summed E-state index contributed by atoms with van der Waals surface area (Å²) in [5.41, 5.74) is 1.89. The van der Waals surface area contributed by atoms with Crippen molar-refractivity contribution < 1.29 is 17.6 Å². The molecular weight excluding hydrogens is 355 g/mol. The third kappa shape index (κ3) is 3.58. The predicted molar refractivity (Wildman–Crippen MR) is 99.1 cm³/mol. The highest BCUT2D eigenvalue weighted by Gasteiger charge is 2.28. The van der Waals surface area contributed by atoms with Crippen LogP contribution in [0.25, 0.3) is 0 Å². The van der Waals surface area contributed by atoms with Gasteiger partial charge in [-0.2, -0.15) is 0 Å². The molecular formula is C19H21FN2O3S. The number of halogens is 1. The summed E-state index contributed by atoms with van der Waals surface area (Å²) < 4.78 is 38.4. The maximum absolute atomic E-state index is 13.1. The molecule has 1 atom stereocenters. The maximum atomic E-state index is 13.1. The van der Waals surface area contributed by atoms with Gasteiger partial charge in [-0.05, 0) is 55.3 Å². The number of rotatable bonds is 4. The molecule has 5 nitrogen and oxygen atoms in total. The SMILES string of the molecule is C[C@@H](c1ccc(F)cc1)N(C)C(=O)c1ccc(N2CCCS2(=O)=O)cc1. The number of hydrogen-bond donors (Lipinski definition) is 0. The monoisotopic (exact) mass is 376 g/mol. The van der Waals surface area contributed by atoms with Crippen LogP contribution < -0.4 is 4.31 Å². The lowest BCUT2D eigenvalue weighted by atomic mass is 10.1. The first-order valence-electron chi connectivity index (χ1n) is 8.43. The predicted octanol–water partition coefficient (Wildman–Crippen LogP) is 3.20. The molecule has 1 fully saturated rings. The first-order chi connectivity index (χ1) is 12.3. The molecule has 0 saturated carbocycles. The van der Waals surface area contributed by atoms with E-state index < -0.39 is 10.0 Å². The summed E-state index contributed by atoms with van der Waals surface area (Å²) in [4.78, 5) is 14.3. The maximum Gasteiger partial charge on any atom is 0.254 e. The molecule has 1 saturated heterocycles. The van der Waals surface area contributed by atoms with Crippen LogP contribution in [0.1, 0.15) is 35.3 Å². The van der Waals surface area contributed by atoms with Crippen LogP contribution in [0.2, 0.25) is 0 Å². The first kappa shape index (κ1) is 18.4. The molecule has 0 N–H and O–H groups in total. The largest absolute Gasteiger partial charge is 0.335 e. The van der Waals surface area contributed by atoms with Gasteiger partial charge in [0.1, 0.15) is 5.82 Å². The van der Waals surface area contributed by atoms with Crippen molar-refractivity contribution in [3.8, 4) is 0 Å². The van der Waals surface area contributed by atoms with E-state index in [4.69, 9.17) is 0 Å². The quantitative estimate of drug-likeness (QED) is 0.823. The second-order valence-electron chi connectivity index (χ2n) is 6.43. The summed E-state index contributed by atoms with van der Waals surface area (Å²) in [5.74, 6) is -0.342. The van der Waals surface area contributed by atoms with Crippen LogP contribution in [0, 0.1) is 5.82 Å². The number of carbonyl (C=O) groups is 1. The van der Waals surface area contributed by atoms with Crippen molar-refractivity contribution in [2.75, 3.05) is 23.7 Å². The van der Waals surface area contributed by atoms with E-state index in [1.807, 2.05) is 6.92 Å². The Morgan fingerprint density at radius 3 is 2.27 bits per heavy atom. The Kier molecular flexibility index (Phi) is 5.00. The normalized spacial score (nSPS) is 17.1. The minimum absolute atomic E-state index is 0.158. The molecule has 3 rings (SSSR count). The summed E-state index contributed by atoms with van der Waals surface area (Å²) in [6, 6.07) is 12.4. The molecule has 7 heteroatoms. The summed E-state index contributed by atoms with van der Waals surface area (Å²) in [7, 11) is -1.55. The minimum atomic E-state index is -3.24. The van der Waals surface area contributed by atoms with E-state index in [0.717, 1.165) is 5.56 Å². The number of sulfonamides is 1. The Morgan fingerprint density at radius 2 is 1.73 bits per heavy atom. The average Bonchev–Trinajstić information content (AvgIpc) is 3.00. The van der Waals surface area contributed by atoms with Crippen LogP contribution in [0.4, 0.5) is 10.1 Å². The van der Waals surface area contributed by atoms with Gasteiger partial charge in [-0.15, -0.1) is 0 Å². The number of hydrogen-bond acceptors (Lipinski definition) is 3. The van der Waals surface area contributed by atoms with Gasteiger partial charge in [0.15, 0.2) is 0 Å². The van der Waals surface area contributed by atoms with Gasteiger partial charge in [0.2, 0.25) is 10.0 Å². The zero-order chi connectivity index (χ0) is 18.9. The van der Waals surface area contributed by atoms with Crippen LogP contribution in [0.3, 0.4) is 0 Å². The van der Waals surface area contributed by atoms with Gasteiger partial charge in [-0.3, -0.25) is 9.10 Å². The molecule has 0 spiro atoms. The molecule has 1 heterocycles. The molecule has 1 aliphatic rings. The fraction of sp³-hybridized carbons (Fsp3) is 0.316. The lowest BCUT2D eigenvalue weighted by molar-refractivity contribution is 0.0742. The molecule has 0 aromatic heterocycles. The highest BCUT2D eigenvalue weighted by atomic mass is 32.2. The summed E-state index contributed by atoms with van der Waals surface area (Å²) in [6.07, 6.45) is 0.612. The zero-order valence-electron chi connectivity index (χ0n) is 14.7. The van der Waals surface area contributed by atoms with Gasteiger partial charge in [-0.1, -0.05) is 12.1 Å². The molecule has 0 radical (unpaired) electrons. The average molecular weight is 376 g/mol. The van der Waals surface area contributed by atoms with Crippen LogP contribution in [0.5, 0.6) is 0 Å². The Hall–Kier alpha value is -2.41. The number of nitrogens with zero attached hydrogens (tertiary/aromatic N) is 2. The molecule has 1 aliphatic heterocycles. The third-order valence-corrected chi connectivity index (χ3v) is 6.62. The van der Waals surface area contributed by atoms with E-state index in [9.17, 15) is 17.6 Å². The summed E-state index contributed by atoms with van der Waals surface area (Å²) >= 11 is 0. The van der Waals surface area contributed by atoms with E-state index >= 15 is 0 Å². The van der Waals surface area contributed by atoms with E-state index in [0.29, 0.717) is 24.2 Å². The van der Waals surface area contributed by atoms with Gasteiger partial charge in [-0.25, -0.2) is 12.8 Å². The molecule has 138 valence electrons. The second-order valence-corrected chi connectivity index (χ2v) is 8.45. The molecule has 0 bridgehead atoms. The lowest BCUT2D eigenvalue weighted by Crippen LogP contribution is -2.30. The fourth-order valence-electron chi connectivity index (χ4n) is 3.04. The fourth-order valence-corrected chi connectivity index (χ4v) is 4.61. The van der Waals surface area contributed by atoms with Crippen molar-refractivity contribution in [3.63, 3.8) is 0 Å². The molecule has 1 amide bonds. The highest BCUT2D eigenvalue weighted by molar-refractivity contribution is 7.93. The molecule has 0 aliphatic carbocycles. The van der Waals surface area contributed by atoms with Gasteiger partial charge >= 0.3 is 0 Å². The van der Waals surface area contributed by atoms with Crippen molar-refractivity contribution in [2.24, 2.45) is 0 Å². The molecule has 2 aromatic rings. The summed E-state index contributed by atoms with van der Waals surface area (Å²) in [6.45, 7) is 2.34. The van der Waals surface area contributed by atoms with E-state index in [-0.39, 0.29) is 23.5 Å². The number of benzene rings is 2. The van der Waals surface area contributed by atoms with E-state index in [1.165, 1.54) is 16.4 Å². The van der Waals surface area contributed by atoms with Crippen molar-refractivity contribution in [3.05, 3.63) is 65.5 Å². The standard InChI is InChI=1S/C19H21FN2O3S/c1-14(15-4-8-17(20)9-5-15)21(2)19(23)16-6-10-18(11-7-16)22-12-3-13-26(22,24)25/h4-11,14H,3,12-13H2,1-2H3/t14-/m0/s1. The van der Waals surface area contributed by atoms with Gasteiger partial charge < -0.3 is 4.90 Å². The van der Waals surface area contributed by atoms with Crippen molar-refractivity contribution >= 4 is 21.6 Å². The van der Waals surface area contributed by atoms with Crippen molar-refractivity contribution in [1.82, 2.24) is 4.90 Å². The topological polar surface area (TPSA) is 57.7 Å². The molecule has 2 aromatic carbocycles. The van der Waals surface area contributed by atoms with Crippen LogP contribution in [-0.4, -0.2) is 38.6 Å². The van der Waals surface area contributed by atoms with Crippen molar-refractivity contribution in [1.29, 1.82) is 0 Å².